The average Bonchev–Trinajstić information content (AvgIpc) is 2.45. The Hall–Kier alpha value is -2.82. The van der Waals surface area contributed by atoms with E-state index in [0.29, 0.717) is 11.4 Å². The van der Waals surface area contributed by atoms with E-state index in [-0.39, 0.29) is 11.3 Å². The topological polar surface area (TPSA) is 87.7 Å². The summed E-state index contributed by atoms with van der Waals surface area (Å²) >= 11 is 0. The molecule has 0 aliphatic heterocycles. The number of benzene rings is 2. The number of phenols is 1. The maximum absolute atomic E-state index is 11.9. The second-order valence-electron chi connectivity index (χ2n) is 4.28. The first-order valence-corrected chi connectivity index (χ1v) is 6.06. The zero-order valence-electron chi connectivity index (χ0n) is 11.0. The molecule has 5 heteroatoms. The highest BCUT2D eigenvalue weighted by Crippen LogP contribution is 2.15. The van der Waals surface area contributed by atoms with Gasteiger partial charge in [-0.1, -0.05) is 24.3 Å². The lowest BCUT2D eigenvalue weighted by molar-refractivity contribution is 0.0952. The Morgan fingerprint density at radius 1 is 1.15 bits per heavy atom. The standard InChI is InChI=1S/C15H15N3O2/c1-10(11-6-8-12(16)9-7-11)17-18-15(20)13-4-2-3-5-14(13)19/h2-9,19H,16H2,1H3,(H,18,20)/b17-10+. The summed E-state index contributed by atoms with van der Waals surface area (Å²) < 4.78 is 0. The summed E-state index contributed by atoms with van der Waals surface area (Å²) in [6, 6.07) is 13.5. The quantitative estimate of drug-likeness (QED) is 0.453. The van der Waals surface area contributed by atoms with E-state index < -0.39 is 5.91 Å². The maximum atomic E-state index is 11.9. The molecule has 0 aromatic heterocycles. The van der Waals surface area contributed by atoms with Gasteiger partial charge in [-0.3, -0.25) is 4.79 Å². The Balaban J connectivity index is 2.11. The van der Waals surface area contributed by atoms with Crippen LogP contribution in [0.15, 0.2) is 53.6 Å². The normalized spacial score (nSPS) is 11.2. The molecule has 2 rings (SSSR count). The smallest absolute Gasteiger partial charge is 0.275 e. The number of anilines is 1. The average molecular weight is 269 g/mol. The third-order valence-corrected chi connectivity index (χ3v) is 2.80. The highest BCUT2D eigenvalue weighted by atomic mass is 16.3. The summed E-state index contributed by atoms with van der Waals surface area (Å²) in [4.78, 5) is 11.9. The summed E-state index contributed by atoms with van der Waals surface area (Å²) in [6.07, 6.45) is 0. The molecule has 2 aromatic carbocycles. The van der Waals surface area contributed by atoms with E-state index in [9.17, 15) is 9.90 Å². The van der Waals surface area contributed by atoms with Gasteiger partial charge in [0.15, 0.2) is 0 Å². The number of nitrogens with two attached hydrogens (primary N) is 1. The first-order valence-electron chi connectivity index (χ1n) is 6.06. The lowest BCUT2D eigenvalue weighted by Crippen LogP contribution is -2.19. The minimum atomic E-state index is -0.460. The van der Waals surface area contributed by atoms with Gasteiger partial charge in [0.1, 0.15) is 5.75 Å². The van der Waals surface area contributed by atoms with Crippen molar-refractivity contribution in [1.29, 1.82) is 0 Å². The Morgan fingerprint density at radius 3 is 2.45 bits per heavy atom. The predicted octanol–water partition coefficient (Wildman–Crippen LogP) is 2.13. The predicted molar refractivity (Wildman–Crippen MR) is 78.6 cm³/mol. The molecular weight excluding hydrogens is 254 g/mol. The van der Waals surface area contributed by atoms with Gasteiger partial charge in [-0.15, -0.1) is 0 Å². The Morgan fingerprint density at radius 2 is 1.80 bits per heavy atom. The number of carbonyl (C=O) groups excluding carboxylic acids is 1. The van der Waals surface area contributed by atoms with Gasteiger partial charge in [0.2, 0.25) is 0 Å². The third-order valence-electron chi connectivity index (χ3n) is 2.80. The van der Waals surface area contributed by atoms with Gasteiger partial charge in [-0.25, -0.2) is 5.43 Å². The van der Waals surface area contributed by atoms with Gasteiger partial charge in [-0.2, -0.15) is 5.10 Å². The number of para-hydroxylation sites is 1. The molecule has 0 atom stereocenters. The first kappa shape index (κ1) is 13.6. The number of rotatable bonds is 3. The molecule has 0 aliphatic rings. The summed E-state index contributed by atoms with van der Waals surface area (Å²) in [5.74, 6) is -0.539. The Bertz CT molecular complexity index is 648. The van der Waals surface area contributed by atoms with Crippen molar-refractivity contribution in [2.24, 2.45) is 5.10 Å². The van der Waals surface area contributed by atoms with Crippen molar-refractivity contribution >= 4 is 17.3 Å². The number of hydrogen-bond donors (Lipinski definition) is 3. The van der Waals surface area contributed by atoms with Crippen molar-refractivity contribution < 1.29 is 9.90 Å². The number of amides is 1. The van der Waals surface area contributed by atoms with Crippen LogP contribution in [0.25, 0.3) is 0 Å². The van der Waals surface area contributed by atoms with Crippen LogP contribution in [-0.2, 0) is 0 Å². The monoisotopic (exact) mass is 269 g/mol. The van der Waals surface area contributed by atoms with Crippen LogP contribution in [0.1, 0.15) is 22.8 Å². The summed E-state index contributed by atoms with van der Waals surface area (Å²) in [5, 5.41) is 13.6. The van der Waals surface area contributed by atoms with E-state index in [4.69, 9.17) is 5.73 Å². The number of hydrogen-bond acceptors (Lipinski definition) is 4. The van der Waals surface area contributed by atoms with E-state index in [2.05, 4.69) is 10.5 Å². The van der Waals surface area contributed by atoms with Crippen LogP contribution in [0, 0.1) is 0 Å². The number of nitrogens with one attached hydrogen (secondary N) is 1. The van der Waals surface area contributed by atoms with E-state index >= 15 is 0 Å². The third kappa shape index (κ3) is 3.14. The molecule has 0 heterocycles. The van der Waals surface area contributed by atoms with Crippen LogP contribution in [0.3, 0.4) is 0 Å². The minimum absolute atomic E-state index is 0.0784. The van der Waals surface area contributed by atoms with Gasteiger partial charge in [0.05, 0.1) is 11.3 Å². The van der Waals surface area contributed by atoms with Crippen molar-refractivity contribution in [3.63, 3.8) is 0 Å². The lowest BCUT2D eigenvalue weighted by Gasteiger charge is -2.04. The molecular formula is C15H15N3O2. The van der Waals surface area contributed by atoms with Crippen molar-refractivity contribution in [3.05, 3.63) is 59.7 Å². The van der Waals surface area contributed by atoms with Crippen molar-refractivity contribution in [1.82, 2.24) is 5.43 Å². The zero-order valence-corrected chi connectivity index (χ0v) is 11.0. The molecule has 20 heavy (non-hydrogen) atoms. The fraction of sp³-hybridized carbons (Fsp3) is 0.0667. The van der Waals surface area contributed by atoms with Crippen LogP contribution in [-0.4, -0.2) is 16.7 Å². The molecule has 0 fully saturated rings. The van der Waals surface area contributed by atoms with Crippen molar-refractivity contribution in [3.8, 4) is 5.75 Å². The Kier molecular flexibility index (Phi) is 4.00. The van der Waals surface area contributed by atoms with Gasteiger partial charge >= 0.3 is 0 Å². The lowest BCUT2D eigenvalue weighted by atomic mass is 10.1. The molecule has 0 bridgehead atoms. The largest absolute Gasteiger partial charge is 0.507 e. The molecule has 1 amide bonds. The maximum Gasteiger partial charge on any atom is 0.275 e. The fourth-order valence-electron chi connectivity index (χ4n) is 1.65. The number of carbonyl (C=O) groups is 1. The Labute approximate surface area is 116 Å². The molecule has 0 radical (unpaired) electrons. The molecule has 0 unspecified atom stereocenters. The van der Waals surface area contributed by atoms with Gasteiger partial charge in [-0.05, 0) is 36.8 Å². The molecule has 2 aromatic rings. The molecule has 102 valence electrons. The highest BCUT2D eigenvalue weighted by Gasteiger charge is 2.09. The molecule has 0 saturated heterocycles. The molecule has 0 aliphatic carbocycles. The first-order chi connectivity index (χ1) is 9.58. The number of hydrazone groups is 1. The molecule has 0 spiro atoms. The molecule has 5 nitrogen and oxygen atoms in total. The van der Waals surface area contributed by atoms with Crippen LogP contribution in [0.2, 0.25) is 0 Å². The van der Waals surface area contributed by atoms with Crippen LogP contribution in [0.4, 0.5) is 5.69 Å². The van der Waals surface area contributed by atoms with E-state index in [0.717, 1.165) is 5.56 Å². The number of phenolic OH excluding ortho intramolecular Hbond substituents is 1. The molecule has 0 saturated carbocycles. The number of aromatic hydroxyl groups is 1. The second kappa shape index (κ2) is 5.88. The van der Waals surface area contributed by atoms with Crippen LogP contribution < -0.4 is 11.2 Å². The SMILES string of the molecule is C/C(=N\NC(=O)c1ccccc1O)c1ccc(N)cc1. The summed E-state index contributed by atoms with van der Waals surface area (Å²) in [6.45, 7) is 1.77. The van der Waals surface area contributed by atoms with Crippen molar-refractivity contribution in [2.75, 3.05) is 5.73 Å². The highest BCUT2D eigenvalue weighted by molar-refractivity contribution is 6.01. The van der Waals surface area contributed by atoms with Crippen LogP contribution in [0.5, 0.6) is 5.75 Å². The summed E-state index contributed by atoms with van der Waals surface area (Å²) in [5.41, 5.74) is 10.4. The number of nitrogens with zero attached hydrogens (tertiary/aromatic N) is 1. The van der Waals surface area contributed by atoms with Crippen molar-refractivity contribution in [2.45, 2.75) is 6.92 Å². The summed E-state index contributed by atoms with van der Waals surface area (Å²) in [7, 11) is 0. The fourth-order valence-corrected chi connectivity index (χ4v) is 1.65. The van der Waals surface area contributed by atoms with Gasteiger partial charge < -0.3 is 10.8 Å². The second-order valence-corrected chi connectivity index (χ2v) is 4.28. The van der Waals surface area contributed by atoms with E-state index in [1.54, 1.807) is 31.2 Å². The van der Waals surface area contributed by atoms with Gasteiger partial charge in [0.25, 0.3) is 5.91 Å². The molecule has 4 N–H and O–H groups in total. The van der Waals surface area contributed by atoms with Gasteiger partial charge in [0, 0.05) is 5.69 Å². The van der Waals surface area contributed by atoms with E-state index in [1.807, 2.05) is 12.1 Å². The minimum Gasteiger partial charge on any atom is -0.507 e. The van der Waals surface area contributed by atoms with Crippen LogP contribution >= 0.6 is 0 Å². The zero-order chi connectivity index (χ0) is 14.5. The number of nitrogen functional groups attached to an aromatic ring is 1. The van der Waals surface area contributed by atoms with E-state index in [1.165, 1.54) is 12.1 Å².